The van der Waals surface area contributed by atoms with Crippen molar-refractivity contribution < 1.29 is 24.2 Å². The van der Waals surface area contributed by atoms with E-state index in [0.29, 0.717) is 6.42 Å². The number of nitrogens with zero attached hydrogens (tertiary/aromatic N) is 1. The molecule has 1 aromatic carbocycles. The van der Waals surface area contributed by atoms with E-state index in [0.717, 1.165) is 44.8 Å². The van der Waals surface area contributed by atoms with Gasteiger partial charge in [0.25, 0.3) is 0 Å². The van der Waals surface area contributed by atoms with Crippen LogP contribution in [0.2, 0.25) is 0 Å². The van der Waals surface area contributed by atoms with E-state index in [-0.39, 0.29) is 13.0 Å². The summed E-state index contributed by atoms with van der Waals surface area (Å²) in [5.41, 5.74) is 0.894. The first kappa shape index (κ1) is 18.4. The second-order valence-corrected chi connectivity index (χ2v) is 5.98. The molecule has 0 amide bonds. The van der Waals surface area contributed by atoms with Crippen LogP contribution in [0.3, 0.4) is 0 Å². The lowest BCUT2D eigenvalue weighted by atomic mass is 9.99. The molecule has 0 radical (unpaired) electrons. The lowest BCUT2D eigenvalue weighted by Gasteiger charge is -2.26. The van der Waals surface area contributed by atoms with Crippen molar-refractivity contribution in [3.63, 3.8) is 0 Å². The van der Waals surface area contributed by atoms with Crippen LogP contribution in [-0.4, -0.2) is 54.8 Å². The monoisotopic (exact) mass is 335 g/mol. The Morgan fingerprint density at radius 3 is 2.58 bits per heavy atom. The molecule has 24 heavy (non-hydrogen) atoms. The molecule has 1 fully saturated rings. The summed E-state index contributed by atoms with van der Waals surface area (Å²) < 4.78 is 10.5. The Labute approximate surface area is 142 Å². The summed E-state index contributed by atoms with van der Waals surface area (Å²) in [5.74, 6) is -2.08. The second-order valence-electron chi connectivity index (χ2n) is 5.98. The number of esters is 1. The maximum atomic E-state index is 11.9. The number of aliphatic carboxylic acids is 1. The second kappa shape index (κ2) is 10.1. The predicted octanol–water partition coefficient (Wildman–Crippen LogP) is 1.93. The van der Waals surface area contributed by atoms with Crippen molar-refractivity contribution >= 4 is 11.9 Å². The number of morpholine rings is 1. The number of carboxylic acids is 1. The fourth-order valence-electron chi connectivity index (χ4n) is 2.70. The number of carbonyl (C=O) groups excluding carboxylic acids is 1. The van der Waals surface area contributed by atoms with Crippen molar-refractivity contribution in [2.45, 2.75) is 25.9 Å². The van der Waals surface area contributed by atoms with Gasteiger partial charge in [0.15, 0.2) is 0 Å². The lowest BCUT2D eigenvalue weighted by Crippen LogP contribution is -2.37. The summed E-state index contributed by atoms with van der Waals surface area (Å²) >= 11 is 0. The number of benzene rings is 1. The van der Waals surface area contributed by atoms with Crippen molar-refractivity contribution in [3.8, 4) is 0 Å². The van der Waals surface area contributed by atoms with Crippen LogP contribution in [-0.2, 0) is 25.7 Å². The van der Waals surface area contributed by atoms with Gasteiger partial charge in [-0.15, -0.1) is 0 Å². The maximum absolute atomic E-state index is 11.9. The van der Waals surface area contributed by atoms with Crippen molar-refractivity contribution in [3.05, 3.63) is 35.9 Å². The minimum atomic E-state index is -0.936. The van der Waals surface area contributed by atoms with Gasteiger partial charge in [-0.05, 0) is 24.9 Å². The highest BCUT2D eigenvalue weighted by Gasteiger charge is 2.22. The van der Waals surface area contributed by atoms with Gasteiger partial charge in [-0.1, -0.05) is 30.3 Å². The molecule has 1 N–H and O–H groups in total. The zero-order valence-electron chi connectivity index (χ0n) is 13.9. The molecule has 6 heteroatoms. The normalized spacial score (nSPS) is 16.5. The quantitative estimate of drug-likeness (QED) is 0.695. The molecule has 6 nitrogen and oxygen atoms in total. The molecule has 1 aromatic rings. The Morgan fingerprint density at radius 1 is 1.21 bits per heavy atom. The third-order valence-corrected chi connectivity index (χ3v) is 4.14. The number of rotatable bonds is 9. The molecule has 0 aromatic heterocycles. The minimum Gasteiger partial charge on any atom is -0.481 e. The highest BCUT2D eigenvalue weighted by atomic mass is 16.5. The van der Waals surface area contributed by atoms with E-state index in [2.05, 4.69) is 4.90 Å². The first-order valence-electron chi connectivity index (χ1n) is 8.37. The van der Waals surface area contributed by atoms with Crippen LogP contribution in [0, 0.1) is 5.92 Å². The van der Waals surface area contributed by atoms with Gasteiger partial charge in [0, 0.05) is 13.1 Å². The Balaban J connectivity index is 1.69. The fraction of sp³-hybridized carbons (Fsp3) is 0.556. The van der Waals surface area contributed by atoms with Crippen molar-refractivity contribution in [1.82, 2.24) is 4.90 Å². The van der Waals surface area contributed by atoms with Gasteiger partial charge < -0.3 is 14.6 Å². The van der Waals surface area contributed by atoms with Gasteiger partial charge in [-0.3, -0.25) is 14.5 Å². The minimum absolute atomic E-state index is 0.0781. The van der Waals surface area contributed by atoms with Crippen LogP contribution in [0.1, 0.15) is 24.8 Å². The van der Waals surface area contributed by atoms with Gasteiger partial charge in [0.1, 0.15) is 6.61 Å². The molecule has 132 valence electrons. The molecule has 0 saturated carbocycles. The number of carbonyl (C=O) groups is 2. The molecule has 0 aliphatic carbocycles. The van der Waals surface area contributed by atoms with Crippen LogP contribution < -0.4 is 0 Å². The summed E-state index contributed by atoms with van der Waals surface area (Å²) in [7, 11) is 0. The van der Waals surface area contributed by atoms with Crippen molar-refractivity contribution in [1.29, 1.82) is 0 Å². The van der Waals surface area contributed by atoms with E-state index >= 15 is 0 Å². The Bertz CT molecular complexity index is 513. The molecule has 0 unspecified atom stereocenters. The first-order chi connectivity index (χ1) is 11.6. The summed E-state index contributed by atoms with van der Waals surface area (Å²) in [5, 5.41) is 9.30. The largest absolute Gasteiger partial charge is 0.481 e. The molecule has 1 heterocycles. The summed E-state index contributed by atoms with van der Waals surface area (Å²) in [6, 6.07) is 9.36. The van der Waals surface area contributed by atoms with Gasteiger partial charge in [0.05, 0.1) is 25.6 Å². The average Bonchev–Trinajstić information content (AvgIpc) is 2.61. The molecule has 1 aliphatic heterocycles. The van der Waals surface area contributed by atoms with E-state index < -0.39 is 17.9 Å². The number of hydrogen-bond acceptors (Lipinski definition) is 5. The third kappa shape index (κ3) is 6.68. The molecule has 1 aliphatic rings. The summed E-state index contributed by atoms with van der Waals surface area (Å²) in [4.78, 5) is 25.5. The van der Waals surface area contributed by atoms with Crippen LogP contribution in [0.15, 0.2) is 30.3 Å². The molecular formula is C18H25NO5. The van der Waals surface area contributed by atoms with Crippen molar-refractivity contribution in [2.75, 3.05) is 32.8 Å². The molecule has 0 spiro atoms. The standard InChI is InChI=1S/C18H25NO5/c20-17(24-14-15-5-2-1-3-6-15)13-16(18(21)22)7-4-8-19-9-11-23-12-10-19/h1-3,5-6,16H,4,7-14H2,(H,21,22)/t16-/m1/s1. The van der Waals surface area contributed by atoms with Crippen LogP contribution in [0.25, 0.3) is 0 Å². The molecular weight excluding hydrogens is 310 g/mol. The Hall–Kier alpha value is -1.92. The Morgan fingerprint density at radius 2 is 1.92 bits per heavy atom. The van der Waals surface area contributed by atoms with Gasteiger partial charge in [-0.2, -0.15) is 0 Å². The highest BCUT2D eigenvalue weighted by molar-refractivity contribution is 5.78. The smallest absolute Gasteiger partial charge is 0.307 e. The zero-order valence-corrected chi connectivity index (χ0v) is 13.9. The molecule has 2 rings (SSSR count). The number of hydrogen-bond donors (Lipinski definition) is 1. The van der Waals surface area contributed by atoms with E-state index in [1.165, 1.54) is 0 Å². The average molecular weight is 335 g/mol. The summed E-state index contributed by atoms with van der Waals surface area (Å²) in [6.07, 6.45) is 1.15. The van der Waals surface area contributed by atoms with Gasteiger partial charge in [0.2, 0.25) is 0 Å². The van der Waals surface area contributed by atoms with Crippen molar-refractivity contribution in [2.24, 2.45) is 5.92 Å². The zero-order chi connectivity index (χ0) is 17.2. The van der Waals surface area contributed by atoms with E-state index in [1.54, 1.807) is 0 Å². The fourth-order valence-corrected chi connectivity index (χ4v) is 2.70. The highest BCUT2D eigenvalue weighted by Crippen LogP contribution is 2.14. The summed E-state index contributed by atoms with van der Waals surface area (Å²) in [6.45, 7) is 4.25. The SMILES string of the molecule is O=C(C[C@@H](CCCN1CCOCC1)C(=O)O)OCc1ccccc1. The molecule has 1 saturated heterocycles. The first-order valence-corrected chi connectivity index (χ1v) is 8.37. The topological polar surface area (TPSA) is 76.1 Å². The van der Waals surface area contributed by atoms with Gasteiger partial charge >= 0.3 is 11.9 Å². The Kier molecular flexibility index (Phi) is 7.71. The van der Waals surface area contributed by atoms with Gasteiger partial charge in [-0.25, -0.2) is 0 Å². The third-order valence-electron chi connectivity index (χ3n) is 4.14. The molecule has 1 atom stereocenters. The van der Waals surface area contributed by atoms with E-state index in [1.807, 2.05) is 30.3 Å². The van der Waals surface area contributed by atoms with E-state index in [9.17, 15) is 14.7 Å². The van der Waals surface area contributed by atoms with Crippen LogP contribution in [0.5, 0.6) is 0 Å². The van der Waals surface area contributed by atoms with Crippen LogP contribution in [0.4, 0.5) is 0 Å². The van der Waals surface area contributed by atoms with Crippen LogP contribution >= 0.6 is 0 Å². The maximum Gasteiger partial charge on any atom is 0.307 e. The predicted molar refractivity (Wildman–Crippen MR) is 88.5 cm³/mol. The lowest BCUT2D eigenvalue weighted by molar-refractivity contribution is -0.152. The number of carboxylic acid groups (broad SMARTS) is 1. The number of ether oxygens (including phenoxy) is 2. The molecule has 0 bridgehead atoms. The van der Waals surface area contributed by atoms with E-state index in [4.69, 9.17) is 9.47 Å².